The Kier molecular flexibility index (Phi) is 6.24. The maximum absolute atomic E-state index is 12.7. The summed E-state index contributed by atoms with van der Waals surface area (Å²) in [7, 11) is 0. The predicted octanol–water partition coefficient (Wildman–Crippen LogP) is 2.26. The molecule has 22 heavy (non-hydrogen) atoms. The lowest BCUT2D eigenvalue weighted by molar-refractivity contribution is -0.142. The first kappa shape index (κ1) is 17.3. The number of piperidine rings is 1. The van der Waals surface area contributed by atoms with Crippen molar-refractivity contribution in [3.05, 3.63) is 0 Å². The van der Waals surface area contributed by atoms with E-state index in [4.69, 9.17) is 5.11 Å². The topological polar surface area (TPSA) is 69.6 Å². The van der Waals surface area contributed by atoms with Crippen LogP contribution in [0.15, 0.2) is 0 Å². The lowest BCUT2D eigenvalue weighted by Gasteiger charge is -2.37. The molecule has 2 N–H and O–H groups in total. The minimum atomic E-state index is -0.696. The van der Waals surface area contributed by atoms with Gasteiger partial charge in [-0.2, -0.15) is 0 Å². The van der Waals surface area contributed by atoms with Gasteiger partial charge in [0.1, 0.15) is 0 Å². The number of amides is 1. The van der Waals surface area contributed by atoms with Crippen molar-refractivity contribution in [3.8, 4) is 0 Å². The summed E-state index contributed by atoms with van der Waals surface area (Å²) in [6, 6.07) is 0.103. The summed E-state index contributed by atoms with van der Waals surface area (Å²) >= 11 is 0. The van der Waals surface area contributed by atoms with Crippen molar-refractivity contribution >= 4 is 11.9 Å². The molecule has 0 aromatic heterocycles. The fourth-order valence-corrected chi connectivity index (χ4v) is 3.86. The Morgan fingerprint density at radius 1 is 1.05 bits per heavy atom. The van der Waals surface area contributed by atoms with E-state index >= 15 is 0 Å². The monoisotopic (exact) mass is 310 g/mol. The van der Waals surface area contributed by atoms with Gasteiger partial charge in [-0.25, -0.2) is 0 Å². The van der Waals surface area contributed by atoms with Crippen LogP contribution in [0, 0.1) is 11.8 Å². The standard InChI is InChI=1S/C17H30N2O3/c1-12(2)15(19-10-4-3-5-11-19)16(20)18-14-8-6-13(7-9-14)17(21)22/h12-15H,3-11H2,1-2H3,(H,18,20)(H,21,22). The van der Waals surface area contributed by atoms with E-state index in [0.29, 0.717) is 18.8 Å². The fraction of sp³-hybridized carbons (Fsp3) is 0.882. The molecule has 0 aromatic rings. The van der Waals surface area contributed by atoms with Crippen LogP contribution in [0.1, 0.15) is 58.8 Å². The Labute approximate surface area is 133 Å². The molecule has 126 valence electrons. The molecular weight excluding hydrogens is 280 g/mol. The second kappa shape index (κ2) is 7.95. The normalized spacial score (nSPS) is 28.3. The number of carboxylic acid groups (broad SMARTS) is 1. The van der Waals surface area contributed by atoms with Gasteiger partial charge in [-0.1, -0.05) is 20.3 Å². The third-order valence-electron chi connectivity index (χ3n) is 5.11. The summed E-state index contributed by atoms with van der Waals surface area (Å²) in [5.41, 5.74) is 0. The molecule has 5 heteroatoms. The average molecular weight is 310 g/mol. The molecule has 1 aliphatic heterocycles. The van der Waals surface area contributed by atoms with E-state index in [0.717, 1.165) is 25.9 Å². The number of carbonyl (C=O) groups excluding carboxylic acids is 1. The molecular formula is C17H30N2O3. The number of aliphatic carboxylic acids is 1. The van der Waals surface area contributed by atoms with Crippen molar-refractivity contribution in [3.63, 3.8) is 0 Å². The van der Waals surface area contributed by atoms with Crippen molar-refractivity contribution < 1.29 is 14.7 Å². The summed E-state index contributed by atoms with van der Waals surface area (Å²) < 4.78 is 0. The summed E-state index contributed by atoms with van der Waals surface area (Å²) in [6.45, 7) is 6.25. The summed E-state index contributed by atoms with van der Waals surface area (Å²) in [6.07, 6.45) is 6.55. The van der Waals surface area contributed by atoms with Gasteiger partial charge in [0.05, 0.1) is 12.0 Å². The van der Waals surface area contributed by atoms with E-state index in [1.54, 1.807) is 0 Å². The van der Waals surface area contributed by atoms with Crippen LogP contribution in [0.3, 0.4) is 0 Å². The number of nitrogens with zero attached hydrogens (tertiary/aromatic N) is 1. The van der Waals surface area contributed by atoms with E-state index in [-0.39, 0.29) is 23.9 Å². The number of carboxylic acids is 1. The molecule has 1 unspecified atom stereocenters. The van der Waals surface area contributed by atoms with Crippen molar-refractivity contribution in [1.29, 1.82) is 0 Å². The number of hydrogen-bond acceptors (Lipinski definition) is 3. The van der Waals surface area contributed by atoms with Crippen LogP contribution in [0.2, 0.25) is 0 Å². The second-order valence-corrected chi connectivity index (χ2v) is 7.18. The SMILES string of the molecule is CC(C)C(C(=O)NC1CCC(C(=O)O)CC1)N1CCCCC1. The number of rotatable bonds is 5. The average Bonchev–Trinajstić information content (AvgIpc) is 2.48. The second-order valence-electron chi connectivity index (χ2n) is 7.18. The van der Waals surface area contributed by atoms with Gasteiger partial charge in [0, 0.05) is 6.04 Å². The molecule has 1 saturated carbocycles. The molecule has 0 bridgehead atoms. The Morgan fingerprint density at radius 2 is 1.64 bits per heavy atom. The van der Waals surface area contributed by atoms with E-state index in [1.165, 1.54) is 19.3 Å². The predicted molar refractivity (Wildman–Crippen MR) is 85.6 cm³/mol. The first-order valence-corrected chi connectivity index (χ1v) is 8.76. The van der Waals surface area contributed by atoms with Crippen molar-refractivity contribution in [2.24, 2.45) is 11.8 Å². The molecule has 2 rings (SSSR count). The van der Waals surface area contributed by atoms with Gasteiger partial charge in [0.25, 0.3) is 0 Å². The summed E-state index contributed by atoms with van der Waals surface area (Å²) in [5, 5.41) is 12.2. The zero-order chi connectivity index (χ0) is 16.1. The lowest BCUT2D eigenvalue weighted by atomic mass is 9.86. The zero-order valence-electron chi connectivity index (χ0n) is 13.9. The molecule has 1 saturated heterocycles. The third kappa shape index (κ3) is 4.45. The quantitative estimate of drug-likeness (QED) is 0.817. The lowest BCUT2D eigenvalue weighted by Crippen LogP contribution is -2.54. The zero-order valence-corrected chi connectivity index (χ0v) is 13.9. The highest BCUT2D eigenvalue weighted by Crippen LogP contribution is 2.25. The first-order chi connectivity index (χ1) is 10.5. The minimum absolute atomic E-state index is 0.0440. The molecule has 1 heterocycles. The number of likely N-dealkylation sites (tertiary alicyclic amines) is 1. The van der Waals surface area contributed by atoms with Crippen LogP contribution < -0.4 is 5.32 Å². The molecule has 0 spiro atoms. The molecule has 1 aliphatic carbocycles. The van der Waals surface area contributed by atoms with E-state index in [2.05, 4.69) is 24.1 Å². The largest absolute Gasteiger partial charge is 0.481 e. The fourth-order valence-electron chi connectivity index (χ4n) is 3.86. The van der Waals surface area contributed by atoms with Crippen LogP contribution in [-0.4, -0.2) is 47.1 Å². The molecule has 0 radical (unpaired) electrons. The van der Waals surface area contributed by atoms with Gasteiger partial charge in [0.2, 0.25) is 5.91 Å². The van der Waals surface area contributed by atoms with E-state index < -0.39 is 5.97 Å². The van der Waals surface area contributed by atoms with Gasteiger partial charge in [-0.05, 0) is 57.5 Å². The van der Waals surface area contributed by atoms with Gasteiger partial charge in [-0.15, -0.1) is 0 Å². The van der Waals surface area contributed by atoms with E-state index in [9.17, 15) is 9.59 Å². The van der Waals surface area contributed by atoms with Crippen LogP contribution in [0.4, 0.5) is 0 Å². The van der Waals surface area contributed by atoms with Crippen molar-refractivity contribution in [2.45, 2.75) is 70.9 Å². The van der Waals surface area contributed by atoms with Crippen LogP contribution in [0.5, 0.6) is 0 Å². The molecule has 1 amide bonds. The van der Waals surface area contributed by atoms with Crippen LogP contribution >= 0.6 is 0 Å². The first-order valence-electron chi connectivity index (χ1n) is 8.76. The maximum atomic E-state index is 12.7. The van der Waals surface area contributed by atoms with Crippen LogP contribution in [-0.2, 0) is 9.59 Å². The maximum Gasteiger partial charge on any atom is 0.306 e. The highest BCUT2D eigenvalue weighted by Gasteiger charge is 2.32. The Morgan fingerprint density at radius 3 is 2.14 bits per heavy atom. The number of carbonyl (C=O) groups is 2. The molecule has 0 aromatic carbocycles. The Hall–Kier alpha value is -1.10. The van der Waals surface area contributed by atoms with Crippen molar-refractivity contribution in [2.75, 3.05) is 13.1 Å². The van der Waals surface area contributed by atoms with E-state index in [1.807, 2.05) is 0 Å². The Balaban J connectivity index is 1.87. The molecule has 2 aliphatic rings. The highest BCUT2D eigenvalue weighted by molar-refractivity contribution is 5.82. The van der Waals surface area contributed by atoms with Crippen molar-refractivity contribution in [1.82, 2.24) is 10.2 Å². The third-order valence-corrected chi connectivity index (χ3v) is 5.11. The number of nitrogens with one attached hydrogen (secondary N) is 1. The molecule has 2 fully saturated rings. The smallest absolute Gasteiger partial charge is 0.306 e. The van der Waals surface area contributed by atoms with Gasteiger partial charge < -0.3 is 10.4 Å². The van der Waals surface area contributed by atoms with Crippen LogP contribution in [0.25, 0.3) is 0 Å². The van der Waals surface area contributed by atoms with Gasteiger partial charge in [0.15, 0.2) is 0 Å². The molecule has 1 atom stereocenters. The Bertz CT molecular complexity index is 383. The number of hydrogen-bond donors (Lipinski definition) is 2. The van der Waals surface area contributed by atoms with Gasteiger partial charge >= 0.3 is 5.97 Å². The summed E-state index contributed by atoms with van der Waals surface area (Å²) in [5.74, 6) is -0.488. The van der Waals surface area contributed by atoms with Gasteiger partial charge in [-0.3, -0.25) is 14.5 Å². The minimum Gasteiger partial charge on any atom is -0.481 e. The highest BCUT2D eigenvalue weighted by atomic mass is 16.4. The molecule has 5 nitrogen and oxygen atoms in total. The summed E-state index contributed by atoms with van der Waals surface area (Å²) in [4.78, 5) is 26.0.